The van der Waals surface area contributed by atoms with Crippen molar-refractivity contribution in [1.29, 1.82) is 0 Å². The standard InChI is InChI=1S/C11H17NO4S/c1-8(17-7-3-6-11(15)16)12-9(13)4-2-5-10(12)14/h8H,2-7H2,1H3,(H,15,16). The third kappa shape index (κ3) is 4.38. The van der Waals surface area contributed by atoms with Gasteiger partial charge < -0.3 is 5.11 Å². The van der Waals surface area contributed by atoms with E-state index >= 15 is 0 Å². The molecular weight excluding hydrogens is 242 g/mol. The zero-order chi connectivity index (χ0) is 12.8. The molecule has 2 amide bonds. The van der Waals surface area contributed by atoms with Gasteiger partial charge in [-0.3, -0.25) is 19.3 Å². The van der Waals surface area contributed by atoms with Gasteiger partial charge in [0.15, 0.2) is 0 Å². The van der Waals surface area contributed by atoms with Crippen molar-refractivity contribution in [1.82, 2.24) is 4.90 Å². The smallest absolute Gasteiger partial charge is 0.303 e. The Morgan fingerprint density at radius 1 is 1.41 bits per heavy atom. The van der Waals surface area contributed by atoms with Crippen LogP contribution in [-0.4, -0.2) is 38.9 Å². The van der Waals surface area contributed by atoms with Gasteiger partial charge in [0.2, 0.25) is 11.8 Å². The molecule has 0 saturated carbocycles. The third-order valence-corrected chi connectivity index (χ3v) is 3.79. The van der Waals surface area contributed by atoms with Crippen molar-refractivity contribution in [3.8, 4) is 0 Å². The van der Waals surface area contributed by atoms with Gasteiger partial charge in [0.25, 0.3) is 0 Å². The quantitative estimate of drug-likeness (QED) is 0.577. The van der Waals surface area contributed by atoms with Crippen LogP contribution < -0.4 is 0 Å². The van der Waals surface area contributed by atoms with Crippen LogP contribution in [0.3, 0.4) is 0 Å². The van der Waals surface area contributed by atoms with Gasteiger partial charge in [-0.2, -0.15) is 0 Å². The second-order valence-electron chi connectivity index (χ2n) is 3.98. The predicted molar refractivity (Wildman–Crippen MR) is 64.5 cm³/mol. The topological polar surface area (TPSA) is 74.7 Å². The first-order valence-electron chi connectivity index (χ1n) is 5.70. The lowest BCUT2D eigenvalue weighted by atomic mass is 10.1. The normalized spacial score (nSPS) is 18.3. The van der Waals surface area contributed by atoms with E-state index in [1.54, 1.807) is 0 Å². The van der Waals surface area contributed by atoms with Crippen LogP contribution in [0.2, 0.25) is 0 Å². The number of rotatable bonds is 6. The molecule has 0 bridgehead atoms. The van der Waals surface area contributed by atoms with Crippen LogP contribution in [0, 0.1) is 0 Å². The number of piperidine rings is 1. The molecule has 0 spiro atoms. The summed E-state index contributed by atoms with van der Waals surface area (Å²) in [6.45, 7) is 1.81. The average Bonchev–Trinajstić information content (AvgIpc) is 2.24. The molecule has 0 aliphatic carbocycles. The molecule has 96 valence electrons. The number of hydrogen-bond acceptors (Lipinski definition) is 4. The Morgan fingerprint density at radius 3 is 2.53 bits per heavy atom. The Bertz CT molecular complexity index is 303. The van der Waals surface area contributed by atoms with Crippen molar-refractivity contribution in [2.45, 2.75) is 44.4 Å². The largest absolute Gasteiger partial charge is 0.481 e. The number of carbonyl (C=O) groups excluding carboxylic acids is 2. The number of carboxylic acid groups (broad SMARTS) is 1. The minimum Gasteiger partial charge on any atom is -0.481 e. The van der Waals surface area contributed by atoms with E-state index in [1.165, 1.54) is 16.7 Å². The highest BCUT2D eigenvalue weighted by Gasteiger charge is 2.29. The summed E-state index contributed by atoms with van der Waals surface area (Å²) in [6, 6.07) is 0. The molecule has 1 atom stereocenters. The van der Waals surface area contributed by atoms with Crippen molar-refractivity contribution < 1.29 is 19.5 Å². The van der Waals surface area contributed by atoms with Crippen molar-refractivity contribution in [3.63, 3.8) is 0 Å². The van der Waals surface area contributed by atoms with E-state index < -0.39 is 5.97 Å². The summed E-state index contributed by atoms with van der Waals surface area (Å²) >= 11 is 1.45. The fraction of sp³-hybridized carbons (Fsp3) is 0.727. The van der Waals surface area contributed by atoms with Crippen molar-refractivity contribution in [2.24, 2.45) is 0 Å². The number of nitrogens with zero attached hydrogens (tertiary/aromatic N) is 1. The highest BCUT2D eigenvalue weighted by Crippen LogP contribution is 2.22. The van der Waals surface area contributed by atoms with E-state index in [9.17, 15) is 14.4 Å². The minimum atomic E-state index is -0.816. The summed E-state index contributed by atoms with van der Waals surface area (Å²) in [5.41, 5.74) is 0. The van der Waals surface area contributed by atoms with Gasteiger partial charge in [-0.1, -0.05) is 0 Å². The molecule has 1 saturated heterocycles. The lowest BCUT2D eigenvalue weighted by Crippen LogP contribution is -2.44. The number of carbonyl (C=O) groups is 3. The molecular formula is C11H17NO4S. The highest BCUT2D eigenvalue weighted by atomic mass is 32.2. The number of likely N-dealkylation sites (tertiary alicyclic amines) is 1. The summed E-state index contributed by atoms with van der Waals surface area (Å²) in [6.07, 6.45) is 2.20. The summed E-state index contributed by atoms with van der Waals surface area (Å²) in [5, 5.41) is 8.29. The van der Waals surface area contributed by atoms with Gasteiger partial charge in [0.1, 0.15) is 0 Å². The van der Waals surface area contributed by atoms with Crippen LogP contribution in [0.15, 0.2) is 0 Å². The molecule has 5 nitrogen and oxygen atoms in total. The molecule has 17 heavy (non-hydrogen) atoms. The molecule has 1 heterocycles. The number of carboxylic acids is 1. The van der Waals surface area contributed by atoms with E-state index in [-0.39, 0.29) is 23.6 Å². The summed E-state index contributed by atoms with van der Waals surface area (Å²) < 4.78 is 0. The molecule has 1 unspecified atom stereocenters. The first-order chi connectivity index (χ1) is 8.02. The Labute approximate surface area is 105 Å². The summed E-state index contributed by atoms with van der Waals surface area (Å²) in [5.74, 6) is -0.396. The minimum absolute atomic E-state index is 0.112. The maximum absolute atomic E-state index is 11.6. The van der Waals surface area contributed by atoms with Gasteiger partial charge in [-0.15, -0.1) is 11.8 Å². The molecule has 0 aromatic carbocycles. The van der Waals surface area contributed by atoms with Crippen LogP contribution >= 0.6 is 11.8 Å². The van der Waals surface area contributed by atoms with Crippen LogP contribution in [0.4, 0.5) is 0 Å². The van der Waals surface area contributed by atoms with Crippen LogP contribution in [0.5, 0.6) is 0 Å². The van der Waals surface area contributed by atoms with Gasteiger partial charge >= 0.3 is 5.97 Å². The Kier molecular flexibility index (Phi) is 5.47. The SMILES string of the molecule is CC(SCCCC(=O)O)N1C(=O)CCCC1=O. The van der Waals surface area contributed by atoms with E-state index in [4.69, 9.17) is 5.11 Å². The lowest BCUT2D eigenvalue weighted by Gasteiger charge is -2.30. The fourth-order valence-corrected chi connectivity index (χ4v) is 2.76. The predicted octanol–water partition coefficient (Wildman–Crippen LogP) is 1.47. The maximum Gasteiger partial charge on any atom is 0.303 e. The number of thioether (sulfide) groups is 1. The zero-order valence-electron chi connectivity index (χ0n) is 9.85. The van der Waals surface area contributed by atoms with Crippen LogP contribution in [-0.2, 0) is 14.4 Å². The van der Waals surface area contributed by atoms with Crippen molar-refractivity contribution in [2.75, 3.05) is 5.75 Å². The van der Waals surface area contributed by atoms with Gasteiger partial charge in [-0.25, -0.2) is 0 Å². The number of amides is 2. The molecule has 1 fully saturated rings. The van der Waals surface area contributed by atoms with E-state index in [0.717, 1.165) is 0 Å². The maximum atomic E-state index is 11.6. The monoisotopic (exact) mass is 259 g/mol. The number of imide groups is 1. The number of hydrogen-bond donors (Lipinski definition) is 1. The molecule has 1 aliphatic rings. The van der Waals surface area contributed by atoms with Gasteiger partial charge in [0, 0.05) is 19.3 Å². The summed E-state index contributed by atoms with van der Waals surface area (Å²) in [4.78, 5) is 34.8. The molecule has 6 heteroatoms. The van der Waals surface area contributed by atoms with Crippen LogP contribution in [0.1, 0.15) is 39.0 Å². The number of aliphatic carboxylic acids is 1. The molecule has 1 rings (SSSR count). The van der Waals surface area contributed by atoms with E-state index in [2.05, 4.69) is 0 Å². The fourth-order valence-electron chi connectivity index (χ4n) is 1.73. The third-order valence-electron chi connectivity index (χ3n) is 2.58. The van der Waals surface area contributed by atoms with Gasteiger partial charge in [-0.05, 0) is 25.5 Å². The second-order valence-corrected chi connectivity index (χ2v) is 5.40. The molecule has 0 radical (unpaired) electrons. The molecule has 1 aliphatic heterocycles. The Morgan fingerprint density at radius 2 is 2.00 bits per heavy atom. The highest BCUT2D eigenvalue weighted by molar-refractivity contribution is 7.99. The summed E-state index contributed by atoms with van der Waals surface area (Å²) in [7, 11) is 0. The first kappa shape index (κ1) is 14.0. The first-order valence-corrected chi connectivity index (χ1v) is 6.75. The van der Waals surface area contributed by atoms with Crippen molar-refractivity contribution >= 4 is 29.5 Å². The van der Waals surface area contributed by atoms with Gasteiger partial charge in [0.05, 0.1) is 5.37 Å². The molecule has 0 aromatic heterocycles. The Balaban J connectivity index is 2.35. The zero-order valence-corrected chi connectivity index (χ0v) is 10.7. The van der Waals surface area contributed by atoms with E-state index in [0.29, 0.717) is 31.4 Å². The lowest BCUT2D eigenvalue weighted by molar-refractivity contribution is -0.148. The molecule has 1 N–H and O–H groups in total. The second kappa shape index (κ2) is 6.64. The average molecular weight is 259 g/mol. The Hall–Kier alpha value is -1.04. The van der Waals surface area contributed by atoms with E-state index in [1.807, 2.05) is 6.92 Å². The van der Waals surface area contributed by atoms with Crippen LogP contribution in [0.25, 0.3) is 0 Å². The van der Waals surface area contributed by atoms with Crippen molar-refractivity contribution in [3.05, 3.63) is 0 Å². The molecule has 0 aromatic rings.